The number of rotatable bonds is 4. The number of piperidine rings is 1. The molecule has 11 heteroatoms. The van der Waals surface area contributed by atoms with Gasteiger partial charge in [0.25, 0.3) is 0 Å². The number of aromatic hydroxyl groups is 1. The summed E-state index contributed by atoms with van der Waals surface area (Å²) in [6.07, 6.45) is -1.82. The van der Waals surface area contributed by atoms with Crippen molar-refractivity contribution < 1.29 is 39.6 Å². The molecule has 1 saturated heterocycles. The van der Waals surface area contributed by atoms with E-state index in [4.69, 9.17) is 5.73 Å². The van der Waals surface area contributed by atoms with Crippen molar-refractivity contribution in [2.24, 2.45) is 46.2 Å². The summed E-state index contributed by atoms with van der Waals surface area (Å²) in [5.74, 6) is -7.98. The highest BCUT2D eigenvalue weighted by Crippen LogP contribution is 2.65. The predicted molar refractivity (Wildman–Crippen MR) is 148 cm³/mol. The molecule has 0 aromatic heterocycles. The summed E-state index contributed by atoms with van der Waals surface area (Å²) in [6.45, 7) is 8.43. The highest BCUT2D eigenvalue weighted by atomic mass is 16.4. The van der Waals surface area contributed by atoms with Crippen molar-refractivity contribution in [1.29, 1.82) is 0 Å². The molecular weight excluding hydrogens is 530 g/mol. The van der Waals surface area contributed by atoms with Gasteiger partial charge in [-0.25, -0.2) is 0 Å². The van der Waals surface area contributed by atoms with Gasteiger partial charge in [0.1, 0.15) is 17.8 Å². The fraction of sp³-hybridized carbons (Fsp3) is 0.667. The van der Waals surface area contributed by atoms with Crippen LogP contribution in [0.5, 0.6) is 5.75 Å². The highest BCUT2D eigenvalue weighted by Gasteiger charge is 2.75. The van der Waals surface area contributed by atoms with Gasteiger partial charge < -0.3 is 36.8 Å². The number of primary amides is 1. The Morgan fingerprint density at radius 1 is 1.12 bits per heavy atom. The number of Topliss-reactive ketones (excluding diaryl/α,β-unsaturated/α-hetero) is 2. The van der Waals surface area contributed by atoms with E-state index in [-0.39, 0.29) is 41.8 Å². The number of fused-ring (bicyclic) bond motifs is 3. The van der Waals surface area contributed by atoms with Gasteiger partial charge in [0.05, 0.1) is 23.3 Å². The molecule has 8 atom stereocenters. The molecule has 3 fully saturated rings. The number of nitrogens with two attached hydrogens (primary N) is 1. The third-order valence-electron chi connectivity index (χ3n) is 10.6. The zero-order valence-electron chi connectivity index (χ0n) is 23.9. The van der Waals surface area contributed by atoms with E-state index in [1.807, 2.05) is 0 Å². The normalized spacial score (nSPS) is 39.1. The Morgan fingerprint density at radius 2 is 1.76 bits per heavy atom. The monoisotopic (exact) mass is 571 g/mol. The molecule has 1 heterocycles. The van der Waals surface area contributed by atoms with Crippen LogP contribution in [0.25, 0.3) is 0 Å². The van der Waals surface area contributed by atoms with E-state index < -0.39 is 69.6 Å². The highest BCUT2D eigenvalue weighted by molar-refractivity contribution is 6.10. The molecule has 224 valence electrons. The topological polar surface area (TPSA) is 199 Å². The van der Waals surface area contributed by atoms with E-state index >= 15 is 0 Å². The molecule has 0 spiro atoms. The number of ketones is 2. The molecule has 1 aromatic rings. The van der Waals surface area contributed by atoms with Gasteiger partial charge in [0.15, 0.2) is 17.2 Å². The van der Waals surface area contributed by atoms with Crippen molar-refractivity contribution in [3.8, 4) is 5.75 Å². The van der Waals surface area contributed by atoms with Gasteiger partial charge in [0, 0.05) is 11.3 Å². The number of benzene rings is 1. The number of hydrogen-bond donors (Lipinski definition) is 7. The number of hydrogen-bond acceptors (Lipinski definition) is 9. The standard InChI is InChI=1S/C30H41N3O8/c1-13(2)19-23(36)18(26(31)39)24(37)30(41)25(38)20-22(35)17-15(11-28(20,3)12-29(19,30)4)5-6-16(21(17)34)33-27(40)14-7-9-32-10-8-14/h5-6,13-14,18-20,23,25,32,34,36,38,41H,7-12H2,1-4H3,(H2,31,39)(H,33,40)/t18-,19+,20-,23?,25?,28-,29-,30+/m1/s1. The summed E-state index contributed by atoms with van der Waals surface area (Å²) < 4.78 is 0. The zero-order chi connectivity index (χ0) is 30.2. The lowest BCUT2D eigenvalue weighted by molar-refractivity contribution is -0.265. The smallest absolute Gasteiger partial charge is 0.230 e. The van der Waals surface area contributed by atoms with E-state index in [1.54, 1.807) is 39.8 Å². The number of amides is 2. The Morgan fingerprint density at radius 3 is 2.34 bits per heavy atom. The van der Waals surface area contributed by atoms with Gasteiger partial charge in [-0.3, -0.25) is 19.2 Å². The molecule has 2 saturated carbocycles. The molecule has 0 radical (unpaired) electrons. The van der Waals surface area contributed by atoms with Gasteiger partial charge in [0.2, 0.25) is 11.8 Å². The minimum Gasteiger partial charge on any atom is -0.505 e. The third-order valence-corrected chi connectivity index (χ3v) is 10.6. The number of aliphatic hydroxyl groups excluding tert-OH is 2. The molecular formula is C30H41N3O8. The van der Waals surface area contributed by atoms with Crippen molar-refractivity contribution in [3.63, 3.8) is 0 Å². The van der Waals surface area contributed by atoms with Gasteiger partial charge >= 0.3 is 0 Å². The third kappa shape index (κ3) is 4.07. The van der Waals surface area contributed by atoms with E-state index in [0.717, 1.165) is 0 Å². The molecule has 3 aliphatic carbocycles. The fourth-order valence-corrected chi connectivity index (χ4v) is 8.94. The number of carbonyl (C=O) groups is 4. The largest absolute Gasteiger partial charge is 0.505 e. The summed E-state index contributed by atoms with van der Waals surface area (Å²) in [5, 5.41) is 52.4. The second-order valence-electron chi connectivity index (χ2n) is 13.5. The van der Waals surface area contributed by atoms with Crippen LogP contribution in [-0.2, 0) is 20.8 Å². The maximum atomic E-state index is 14.1. The second kappa shape index (κ2) is 9.86. The van der Waals surface area contributed by atoms with Gasteiger partial charge in [-0.1, -0.05) is 33.8 Å². The molecule has 2 unspecified atom stereocenters. The molecule has 0 bridgehead atoms. The van der Waals surface area contributed by atoms with Crippen LogP contribution in [0.3, 0.4) is 0 Å². The van der Waals surface area contributed by atoms with E-state index in [0.29, 0.717) is 31.5 Å². The van der Waals surface area contributed by atoms with Crippen LogP contribution in [-0.4, -0.2) is 74.7 Å². The van der Waals surface area contributed by atoms with Crippen molar-refractivity contribution in [2.75, 3.05) is 18.4 Å². The molecule has 1 aromatic carbocycles. The minimum absolute atomic E-state index is 0.0722. The first-order valence-electron chi connectivity index (χ1n) is 14.4. The van der Waals surface area contributed by atoms with Crippen LogP contribution < -0.4 is 16.4 Å². The van der Waals surface area contributed by atoms with Gasteiger partial charge in [-0.05, 0) is 67.7 Å². The fourth-order valence-electron chi connectivity index (χ4n) is 8.94. The SMILES string of the molecule is CC(C)[C@H]1C(O)[C@@H](C(N)=O)C(=O)[C@]2(O)C(O)[C@H]3C(=O)c4c(ccc(NC(=O)C5CCNCC5)c4O)C[C@]3(C)C[C@]12C. The van der Waals surface area contributed by atoms with Crippen LogP contribution in [0.2, 0.25) is 0 Å². The average Bonchev–Trinajstić information content (AvgIpc) is 2.87. The van der Waals surface area contributed by atoms with Crippen LogP contribution >= 0.6 is 0 Å². The first-order chi connectivity index (χ1) is 19.1. The summed E-state index contributed by atoms with van der Waals surface area (Å²) in [7, 11) is 0. The van der Waals surface area contributed by atoms with E-state index in [1.165, 1.54) is 0 Å². The van der Waals surface area contributed by atoms with Crippen molar-refractivity contribution in [2.45, 2.75) is 71.2 Å². The number of nitrogens with one attached hydrogen (secondary N) is 2. The number of phenols is 1. The molecule has 2 amide bonds. The Labute approximate surface area is 238 Å². The first-order valence-corrected chi connectivity index (χ1v) is 14.4. The first kappa shape index (κ1) is 29.6. The van der Waals surface area contributed by atoms with Crippen LogP contribution in [0.1, 0.15) is 62.9 Å². The Hall–Kier alpha value is -2.86. The average molecular weight is 572 g/mol. The lowest BCUT2D eigenvalue weighted by Gasteiger charge is -2.66. The van der Waals surface area contributed by atoms with Crippen molar-refractivity contribution >= 4 is 29.1 Å². The van der Waals surface area contributed by atoms with Gasteiger partial charge in [-0.2, -0.15) is 0 Å². The van der Waals surface area contributed by atoms with E-state index in [9.17, 15) is 39.6 Å². The Kier molecular flexibility index (Phi) is 7.12. The Bertz CT molecular complexity index is 1310. The van der Waals surface area contributed by atoms with E-state index in [2.05, 4.69) is 10.6 Å². The number of anilines is 1. The van der Waals surface area contributed by atoms with Crippen LogP contribution in [0.4, 0.5) is 5.69 Å². The summed E-state index contributed by atoms with van der Waals surface area (Å²) in [5.41, 5.74) is 1.09. The van der Waals surface area contributed by atoms with Crippen LogP contribution in [0, 0.1) is 40.4 Å². The maximum absolute atomic E-state index is 14.1. The molecule has 4 aliphatic rings. The lowest BCUT2D eigenvalue weighted by Crippen LogP contribution is -2.79. The molecule has 8 N–H and O–H groups in total. The lowest BCUT2D eigenvalue weighted by atomic mass is 9.39. The molecule has 11 nitrogen and oxygen atoms in total. The summed E-state index contributed by atoms with van der Waals surface area (Å²) >= 11 is 0. The zero-order valence-corrected chi connectivity index (χ0v) is 23.9. The van der Waals surface area contributed by atoms with Gasteiger partial charge in [-0.15, -0.1) is 0 Å². The summed E-state index contributed by atoms with van der Waals surface area (Å²) in [6, 6.07) is 3.23. The molecule has 41 heavy (non-hydrogen) atoms. The minimum atomic E-state index is -2.56. The molecule has 5 rings (SSSR count). The van der Waals surface area contributed by atoms with Crippen molar-refractivity contribution in [1.82, 2.24) is 5.32 Å². The van der Waals surface area contributed by atoms with Crippen LogP contribution in [0.15, 0.2) is 12.1 Å². The molecule has 1 aliphatic heterocycles. The number of carbonyl (C=O) groups excluding carboxylic acids is 4. The Balaban J connectivity index is 1.58. The van der Waals surface area contributed by atoms with Crippen molar-refractivity contribution in [3.05, 3.63) is 23.3 Å². The summed E-state index contributed by atoms with van der Waals surface area (Å²) in [4.78, 5) is 53.1. The second-order valence-corrected chi connectivity index (χ2v) is 13.5. The number of aliphatic hydroxyl groups is 3. The maximum Gasteiger partial charge on any atom is 0.230 e. The predicted octanol–water partition coefficient (Wildman–Crippen LogP) is 0.511. The number of phenolic OH excluding ortho intramolecular Hbond substituents is 1. The quantitative estimate of drug-likeness (QED) is 0.199.